The Morgan fingerprint density at radius 3 is 1.75 bits per heavy atom. The van der Waals surface area contributed by atoms with Crippen molar-refractivity contribution in [2.75, 3.05) is 6.61 Å². The number of aliphatic hydroxyl groups excluding tert-OH is 1. The lowest BCUT2D eigenvalue weighted by atomic mass is 10.9. The Balaban J connectivity index is 0. The molecule has 0 aromatic heterocycles. The second-order valence-corrected chi connectivity index (χ2v) is 0.224. The molecule has 0 aliphatic heterocycles. The molecule has 2 heteroatoms. The fraction of sp³-hybridized carbons (Fsp3) is 0.500. The zero-order chi connectivity index (χ0) is 2.71. The van der Waals surface area contributed by atoms with Gasteiger partial charge >= 0.3 is 23.1 Å². The lowest BCUT2D eigenvalue weighted by Gasteiger charge is -1.52. The summed E-state index contributed by atoms with van der Waals surface area (Å²) in [5.74, 6) is 0. The van der Waals surface area contributed by atoms with Crippen LogP contribution in [0.25, 0.3) is 0 Å². The molecule has 23 valence electrons. The molecule has 0 amide bonds. The third kappa shape index (κ3) is 15.4. The molecule has 0 aromatic rings. The van der Waals surface area contributed by atoms with Gasteiger partial charge in [0, 0.05) is 6.61 Å². The summed E-state index contributed by atoms with van der Waals surface area (Å²) < 4.78 is 0. The van der Waals surface area contributed by atoms with Crippen LogP contribution in [-0.2, 0) is 0 Å². The van der Waals surface area contributed by atoms with Gasteiger partial charge in [0.2, 0.25) is 0 Å². The number of hydrogen-bond donors (Lipinski definition) is 1. The van der Waals surface area contributed by atoms with E-state index in [0.717, 1.165) is 0 Å². The maximum absolute atomic E-state index is 7.46. The van der Waals surface area contributed by atoms with Crippen molar-refractivity contribution < 1.29 is 5.11 Å². The second-order valence-electron chi connectivity index (χ2n) is 0.224. The molecule has 0 bridgehead atoms. The van der Waals surface area contributed by atoms with E-state index < -0.39 is 0 Å². The van der Waals surface area contributed by atoms with Crippen LogP contribution < -0.4 is 0 Å². The quantitative estimate of drug-likeness (QED) is 0.359. The highest BCUT2D eigenvalue weighted by molar-refractivity contribution is 5.75. The molecule has 0 atom stereocenters. The van der Waals surface area contributed by atoms with Crippen LogP contribution in [0, 0.1) is 6.92 Å². The van der Waals surface area contributed by atoms with Crippen LogP contribution in [-0.4, -0.2) is 34.8 Å². The van der Waals surface area contributed by atoms with Gasteiger partial charge in [0.1, 0.15) is 0 Å². The minimum Gasteiger partial charge on any atom is -0.396 e. The van der Waals surface area contributed by atoms with Gasteiger partial charge in [0.05, 0.1) is 0 Å². The summed E-state index contributed by atoms with van der Waals surface area (Å²) in [7, 11) is 0. The Bertz CT molecular complexity index is 6.00. The Hall–Kier alpha value is 0.726. The Morgan fingerprint density at radius 1 is 1.75 bits per heavy atom. The number of hydrogen-bond acceptors (Lipinski definition) is 1. The van der Waals surface area contributed by atoms with E-state index in [1.165, 1.54) is 0 Å². The molecular formula is C2H7MgO. The van der Waals surface area contributed by atoms with Crippen LogP contribution in [0.2, 0.25) is 0 Å². The zero-order valence-corrected chi connectivity index (χ0v) is 1.86. The van der Waals surface area contributed by atoms with Crippen molar-refractivity contribution in [2.24, 2.45) is 0 Å². The number of aliphatic hydroxyl groups is 1. The molecule has 0 aliphatic carbocycles. The summed E-state index contributed by atoms with van der Waals surface area (Å²) in [6.45, 7) is 3.04. The lowest BCUT2D eigenvalue weighted by molar-refractivity contribution is 0.341. The summed E-state index contributed by atoms with van der Waals surface area (Å²) in [4.78, 5) is 0. The first-order chi connectivity index (χ1) is 1.41. The van der Waals surface area contributed by atoms with E-state index in [9.17, 15) is 0 Å². The second kappa shape index (κ2) is 9.29. The fourth-order valence-electron chi connectivity index (χ4n) is 0. The van der Waals surface area contributed by atoms with Gasteiger partial charge in [-0.2, -0.15) is 0 Å². The molecule has 0 unspecified atom stereocenters. The van der Waals surface area contributed by atoms with Crippen molar-refractivity contribution in [3.63, 3.8) is 0 Å². The first kappa shape index (κ1) is 8.83. The highest BCUT2D eigenvalue weighted by Gasteiger charge is 1.35. The SMILES string of the molecule is [CH2]CO.[MgH2]. The maximum atomic E-state index is 7.46. The van der Waals surface area contributed by atoms with Gasteiger partial charge in [-0.1, -0.05) is 0 Å². The minimum absolute atomic E-state index is 0. The van der Waals surface area contributed by atoms with Crippen molar-refractivity contribution in [3.8, 4) is 0 Å². The Labute approximate surface area is 42.2 Å². The van der Waals surface area contributed by atoms with Gasteiger partial charge in [-0.25, -0.2) is 0 Å². The molecule has 0 aliphatic rings. The van der Waals surface area contributed by atoms with E-state index in [-0.39, 0.29) is 29.7 Å². The highest BCUT2D eigenvalue weighted by atomic mass is 24.3. The summed E-state index contributed by atoms with van der Waals surface area (Å²) in [6.07, 6.45) is 0. The normalized spacial score (nSPS) is 4.50. The van der Waals surface area contributed by atoms with Gasteiger partial charge in [0.15, 0.2) is 0 Å². The summed E-state index contributed by atoms with van der Waals surface area (Å²) in [5, 5.41) is 7.46. The minimum atomic E-state index is 0. The molecule has 0 fully saturated rings. The third-order valence-electron chi connectivity index (χ3n) is 0. The largest absolute Gasteiger partial charge is 0.396 e. The van der Waals surface area contributed by atoms with Crippen LogP contribution >= 0.6 is 0 Å². The van der Waals surface area contributed by atoms with E-state index in [0.29, 0.717) is 0 Å². The predicted molar refractivity (Wildman–Crippen MR) is 21.0 cm³/mol. The standard InChI is InChI=1S/C2H5O.Mg.2H/c1-2-3;;;/h3H,1-2H2;;;. The van der Waals surface area contributed by atoms with E-state index in [1.54, 1.807) is 0 Å². The monoisotopic (exact) mass is 71.0 g/mol. The molecule has 0 aromatic carbocycles. The fourth-order valence-corrected chi connectivity index (χ4v) is 0. The third-order valence-corrected chi connectivity index (χ3v) is 0. The van der Waals surface area contributed by atoms with E-state index in [2.05, 4.69) is 6.92 Å². The van der Waals surface area contributed by atoms with Gasteiger partial charge in [-0.3, -0.25) is 0 Å². The smallest absolute Gasteiger partial charge is 0.316 e. The average molecular weight is 71.4 g/mol. The van der Waals surface area contributed by atoms with Crippen molar-refractivity contribution in [2.45, 2.75) is 0 Å². The van der Waals surface area contributed by atoms with Crippen LogP contribution in [0.1, 0.15) is 0 Å². The summed E-state index contributed by atoms with van der Waals surface area (Å²) in [5.41, 5.74) is 0. The van der Waals surface area contributed by atoms with Gasteiger partial charge in [-0.15, -0.1) is 0 Å². The Kier molecular flexibility index (Phi) is 20.5. The molecule has 1 nitrogen and oxygen atoms in total. The topological polar surface area (TPSA) is 20.2 Å². The van der Waals surface area contributed by atoms with Crippen LogP contribution in [0.5, 0.6) is 0 Å². The van der Waals surface area contributed by atoms with Crippen molar-refractivity contribution in [1.29, 1.82) is 0 Å². The van der Waals surface area contributed by atoms with Crippen LogP contribution in [0.15, 0.2) is 0 Å². The molecule has 1 N–H and O–H groups in total. The number of rotatable bonds is 0. The molecule has 0 saturated heterocycles. The van der Waals surface area contributed by atoms with Crippen LogP contribution in [0.3, 0.4) is 0 Å². The highest BCUT2D eigenvalue weighted by Crippen LogP contribution is 1.27. The molecular weight excluding hydrogens is 64.3 g/mol. The van der Waals surface area contributed by atoms with E-state index >= 15 is 0 Å². The molecule has 1 radical (unpaired) electrons. The first-order valence-electron chi connectivity index (χ1n) is 0.816. The molecule has 4 heavy (non-hydrogen) atoms. The van der Waals surface area contributed by atoms with Gasteiger partial charge in [-0.05, 0) is 6.92 Å². The van der Waals surface area contributed by atoms with Crippen molar-refractivity contribution >= 4 is 23.1 Å². The molecule has 0 spiro atoms. The Morgan fingerprint density at radius 2 is 1.75 bits per heavy atom. The summed E-state index contributed by atoms with van der Waals surface area (Å²) >= 11 is 0. The van der Waals surface area contributed by atoms with Crippen molar-refractivity contribution in [1.82, 2.24) is 0 Å². The molecule has 0 saturated carbocycles. The maximum Gasteiger partial charge on any atom is 0.316 e. The van der Waals surface area contributed by atoms with E-state index in [4.69, 9.17) is 5.11 Å². The molecule has 0 rings (SSSR count). The van der Waals surface area contributed by atoms with Gasteiger partial charge < -0.3 is 5.11 Å². The van der Waals surface area contributed by atoms with Gasteiger partial charge in [0.25, 0.3) is 0 Å². The van der Waals surface area contributed by atoms with E-state index in [1.807, 2.05) is 0 Å². The lowest BCUT2D eigenvalue weighted by Crippen LogP contribution is -1.58. The first-order valence-corrected chi connectivity index (χ1v) is 0.816. The zero-order valence-electron chi connectivity index (χ0n) is 1.86. The average Bonchev–Trinajstić information content (AvgIpc) is 0.918. The molecule has 0 heterocycles. The predicted octanol–water partition coefficient (Wildman–Crippen LogP) is -1.10. The van der Waals surface area contributed by atoms with Crippen molar-refractivity contribution in [3.05, 3.63) is 6.92 Å². The summed E-state index contributed by atoms with van der Waals surface area (Å²) in [6, 6.07) is 0. The van der Waals surface area contributed by atoms with Crippen LogP contribution in [0.4, 0.5) is 0 Å².